The Balaban J connectivity index is 1.99. The molecule has 0 saturated carbocycles. The molecule has 1 aliphatic rings. The third-order valence-corrected chi connectivity index (χ3v) is 4.78. The van der Waals surface area contributed by atoms with Crippen molar-refractivity contribution in [3.05, 3.63) is 47.4 Å². The fraction of sp³-hybridized carbons (Fsp3) is 0.389. The van der Waals surface area contributed by atoms with Gasteiger partial charge in [0.1, 0.15) is 30.3 Å². The third kappa shape index (κ3) is 3.56. The van der Waals surface area contributed by atoms with Crippen LogP contribution < -0.4 is 11.1 Å². The topological polar surface area (TPSA) is 93.5 Å². The lowest BCUT2D eigenvalue weighted by Gasteiger charge is -2.42. The lowest BCUT2D eigenvalue weighted by molar-refractivity contribution is -0.106. The van der Waals surface area contributed by atoms with Gasteiger partial charge in [0, 0.05) is 11.3 Å². The molecule has 0 saturated heterocycles. The molecule has 2 atom stereocenters. The Morgan fingerprint density at radius 2 is 2.00 bits per heavy atom. The summed E-state index contributed by atoms with van der Waals surface area (Å²) in [6, 6.07) is 2.91. The fourth-order valence-electron chi connectivity index (χ4n) is 3.01. The molecule has 1 aromatic heterocycles. The number of rotatable bonds is 4. The van der Waals surface area contributed by atoms with Gasteiger partial charge in [0.2, 0.25) is 0 Å². The van der Waals surface area contributed by atoms with Gasteiger partial charge in [0.15, 0.2) is 11.2 Å². The number of benzene rings is 1. The van der Waals surface area contributed by atoms with Crippen LogP contribution in [-0.4, -0.2) is 28.3 Å². The maximum atomic E-state index is 14.8. The molecule has 1 amide bonds. The molecule has 3 rings (SSSR count). The Bertz CT molecular complexity index is 988. The monoisotopic (exact) mass is 416 g/mol. The van der Waals surface area contributed by atoms with E-state index in [4.69, 9.17) is 10.2 Å². The number of halogens is 5. The zero-order chi connectivity index (χ0) is 21.6. The zero-order valence-electron chi connectivity index (χ0n) is 15.4. The number of amides is 1. The van der Waals surface area contributed by atoms with Gasteiger partial charge in [-0.05, 0) is 32.0 Å². The highest BCUT2D eigenvalue weighted by molar-refractivity contribution is 6.01. The van der Waals surface area contributed by atoms with Crippen LogP contribution in [0.3, 0.4) is 0 Å². The van der Waals surface area contributed by atoms with Crippen molar-refractivity contribution in [3.63, 3.8) is 0 Å². The summed E-state index contributed by atoms with van der Waals surface area (Å²) in [5.74, 6) is -6.87. The van der Waals surface area contributed by atoms with Crippen molar-refractivity contribution in [2.24, 2.45) is 10.7 Å². The molecule has 0 spiro atoms. The van der Waals surface area contributed by atoms with Crippen molar-refractivity contribution in [2.45, 2.75) is 44.1 Å². The van der Waals surface area contributed by atoms with Gasteiger partial charge in [-0.2, -0.15) is 0 Å². The van der Waals surface area contributed by atoms with Gasteiger partial charge in [-0.25, -0.2) is 26.9 Å². The van der Waals surface area contributed by atoms with Crippen LogP contribution in [0.4, 0.5) is 27.6 Å². The van der Waals surface area contributed by atoms with Crippen molar-refractivity contribution < 1.29 is 31.2 Å². The lowest BCUT2D eigenvalue weighted by Crippen LogP contribution is -2.56. The van der Waals surface area contributed by atoms with Gasteiger partial charge < -0.3 is 15.5 Å². The minimum absolute atomic E-state index is 0.0780. The average molecular weight is 416 g/mol. The lowest BCUT2D eigenvalue weighted by atomic mass is 9.77. The highest BCUT2D eigenvalue weighted by Gasteiger charge is 2.60. The quantitative estimate of drug-likeness (QED) is 0.740. The van der Waals surface area contributed by atoms with E-state index in [1.54, 1.807) is 0 Å². The van der Waals surface area contributed by atoms with Gasteiger partial charge in [0.05, 0.1) is 6.42 Å². The number of oxazole rings is 1. The van der Waals surface area contributed by atoms with Crippen LogP contribution in [0.1, 0.15) is 42.2 Å². The SMILES string of the molecule is C[C@]1(F)CC(F)(F)[C@@](C)(c2cc(NC(=O)c3nc(CF)co3)ccc2F)N=C1N. The molecule has 6 nitrogen and oxygen atoms in total. The first-order valence-corrected chi connectivity index (χ1v) is 8.44. The van der Waals surface area contributed by atoms with E-state index >= 15 is 0 Å². The number of nitrogens with zero attached hydrogens (tertiary/aromatic N) is 2. The van der Waals surface area contributed by atoms with E-state index in [1.807, 2.05) is 0 Å². The Kier molecular flexibility index (Phi) is 4.88. The van der Waals surface area contributed by atoms with Crippen LogP contribution >= 0.6 is 0 Å². The van der Waals surface area contributed by atoms with E-state index in [-0.39, 0.29) is 11.4 Å². The second-order valence-corrected chi connectivity index (χ2v) is 7.07. The molecule has 0 aliphatic carbocycles. The van der Waals surface area contributed by atoms with E-state index in [2.05, 4.69) is 15.3 Å². The van der Waals surface area contributed by atoms with Crippen LogP contribution in [0.25, 0.3) is 0 Å². The van der Waals surface area contributed by atoms with Gasteiger partial charge in [0.25, 0.3) is 11.8 Å². The summed E-state index contributed by atoms with van der Waals surface area (Å²) in [6.45, 7) is 0.854. The smallest absolute Gasteiger partial charge is 0.311 e. The van der Waals surface area contributed by atoms with Crippen LogP contribution in [0.15, 0.2) is 33.9 Å². The highest BCUT2D eigenvalue weighted by Crippen LogP contribution is 2.50. The Morgan fingerprint density at radius 1 is 1.31 bits per heavy atom. The number of carbonyl (C=O) groups excluding carboxylic acids is 1. The number of carbonyl (C=O) groups is 1. The molecule has 2 aromatic rings. The summed E-state index contributed by atoms with van der Waals surface area (Å²) in [4.78, 5) is 19.3. The summed E-state index contributed by atoms with van der Waals surface area (Å²) in [6.07, 6.45) is -0.343. The zero-order valence-corrected chi connectivity index (χ0v) is 15.4. The molecule has 2 heterocycles. The largest absolute Gasteiger partial charge is 0.441 e. The van der Waals surface area contributed by atoms with Crippen LogP contribution in [-0.2, 0) is 12.2 Å². The minimum Gasteiger partial charge on any atom is -0.441 e. The molecule has 11 heteroatoms. The normalized spacial score (nSPS) is 26.1. The van der Waals surface area contributed by atoms with E-state index < -0.39 is 59.2 Å². The molecule has 0 unspecified atom stereocenters. The Labute approximate surface area is 162 Å². The van der Waals surface area contributed by atoms with E-state index in [9.17, 15) is 26.7 Å². The van der Waals surface area contributed by atoms with Crippen molar-refractivity contribution >= 4 is 17.4 Å². The molecular formula is C18H17F5N4O2. The number of nitrogens with two attached hydrogens (primary N) is 1. The average Bonchev–Trinajstić information content (AvgIpc) is 3.10. The Hall–Kier alpha value is -2.98. The highest BCUT2D eigenvalue weighted by atomic mass is 19.3. The number of amidine groups is 1. The summed E-state index contributed by atoms with van der Waals surface area (Å²) < 4.78 is 75.6. The first kappa shape index (κ1) is 20.7. The fourth-order valence-corrected chi connectivity index (χ4v) is 3.01. The van der Waals surface area contributed by atoms with Crippen molar-refractivity contribution in [3.8, 4) is 0 Å². The van der Waals surface area contributed by atoms with Crippen LogP contribution in [0.2, 0.25) is 0 Å². The summed E-state index contributed by atoms with van der Waals surface area (Å²) >= 11 is 0. The molecule has 3 N–H and O–H groups in total. The van der Waals surface area contributed by atoms with Crippen molar-refractivity contribution in [2.75, 3.05) is 5.32 Å². The molecular weight excluding hydrogens is 399 g/mol. The number of hydrogen-bond donors (Lipinski definition) is 2. The molecule has 0 fully saturated rings. The molecule has 156 valence electrons. The van der Waals surface area contributed by atoms with Crippen LogP contribution in [0, 0.1) is 5.82 Å². The summed E-state index contributed by atoms with van der Waals surface area (Å²) in [7, 11) is 0. The van der Waals surface area contributed by atoms with Gasteiger partial charge in [-0.1, -0.05) is 0 Å². The molecule has 29 heavy (non-hydrogen) atoms. The second-order valence-electron chi connectivity index (χ2n) is 7.07. The molecule has 0 bridgehead atoms. The predicted octanol–water partition coefficient (Wildman–Crippen LogP) is 3.88. The number of alkyl halides is 4. The van der Waals surface area contributed by atoms with Gasteiger partial charge in [-0.15, -0.1) is 0 Å². The number of aromatic nitrogens is 1. The van der Waals surface area contributed by atoms with Gasteiger partial charge in [-0.3, -0.25) is 9.79 Å². The van der Waals surface area contributed by atoms with E-state index in [1.165, 1.54) is 0 Å². The van der Waals surface area contributed by atoms with Crippen molar-refractivity contribution in [1.82, 2.24) is 4.98 Å². The van der Waals surface area contributed by atoms with Crippen LogP contribution in [0.5, 0.6) is 0 Å². The number of anilines is 1. The maximum Gasteiger partial charge on any atom is 0.311 e. The number of hydrogen-bond acceptors (Lipinski definition) is 5. The maximum absolute atomic E-state index is 14.8. The van der Waals surface area contributed by atoms with Crippen molar-refractivity contribution in [1.29, 1.82) is 0 Å². The van der Waals surface area contributed by atoms with E-state index in [0.29, 0.717) is 0 Å². The molecule has 0 radical (unpaired) electrons. The van der Waals surface area contributed by atoms with E-state index in [0.717, 1.165) is 38.3 Å². The molecule has 1 aromatic carbocycles. The van der Waals surface area contributed by atoms with Gasteiger partial charge >= 0.3 is 5.91 Å². The number of nitrogens with one attached hydrogen (secondary N) is 1. The molecule has 1 aliphatic heterocycles. The number of aliphatic imine (C=N–C) groups is 1. The third-order valence-electron chi connectivity index (χ3n) is 4.78. The predicted molar refractivity (Wildman–Crippen MR) is 93.7 cm³/mol. The Morgan fingerprint density at radius 3 is 2.62 bits per heavy atom. The first-order valence-electron chi connectivity index (χ1n) is 8.44. The second kappa shape index (κ2) is 6.82. The first-order chi connectivity index (χ1) is 13.4. The standard InChI is InChI=1S/C18H17F5N4O2/c1-16(21)8-18(22,23)17(2,27-15(16)24)11-5-9(3-4-12(11)20)25-13(28)14-26-10(6-19)7-29-14/h3-5,7H,6,8H2,1-2H3,(H2,24,27)(H,25,28)/t16-,17+/m0/s1. The summed E-state index contributed by atoms with van der Waals surface area (Å²) in [5.41, 5.74) is -0.322. The summed E-state index contributed by atoms with van der Waals surface area (Å²) in [5, 5.41) is 2.29. The minimum atomic E-state index is -3.78.